The average molecular weight is 182 g/mol. The minimum absolute atomic E-state index is 0.155. The summed E-state index contributed by atoms with van der Waals surface area (Å²) < 4.78 is 5.26. The first-order valence-corrected chi connectivity index (χ1v) is 4.49. The highest BCUT2D eigenvalue weighted by Crippen LogP contribution is 2.20. The van der Waals surface area contributed by atoms with Crippen molar-refractivity contribution in [2.24, 2.45) is 5.73 Å². The number of aromatic nitrogens is 3. The van der Waals surface area contributed by atoms with Crippen molar-refractivity contribution in [3.8, 4) is 0 Å². The zero-order valence-corrected chi connectivity index (χ0v) is 7.49. The van der Waals surface area contributed by atoms with Crippen LogP contribution in [0.4, 0.5) is 0 Å². The molecule has 2 rings (SSSR count). The molecule has 0 bridgehead atoms. The summed E-state index contributed by atoms with van der Waals surface area (Å²) in [5.41, 5.74) is 6.03. The molecule has 0 saturated carbocycles. The van der Waals surface area contributed by atoms with Gasteiger partial charge in [0.25, 0.3) is 0 Å². The summed E-state index contributed by atoms with van der Waals surface area (Å²) in [5, 5.41) is 6.62. The Balaban J connectivity index is 1.99. The van der Waals surface area contributed by atoms with Crippen molar-refractivity contribution in [3.63, 3.8) is 0 Å². The molecule has 2 heterocycles. The van der Waals surface area contributed by atoms with E-state index in [1.807, 2.05) is 0 Å². The van der Waals surface area contributed by atoms with Crippen LogP contribution < -0.4 is 5.73 Å². The summed E-state index contributed by atoms with van der Waals surface area (Å²) in [6.45, 7) is 1.51. The van der Waals surface area contributed by atoms with Gasteiger partial charge in [-0.25, -0.2) is 4.98 Å². The molecule has 13 heavy (non-hydrogen) atoms. The molecule has 0 radical (unpaired) electrons. The number of nitrogens with zero attached hydrogens (tertiary/aromatic N) is 2. The monoisotopic (exact) mass is 182 g/mol. The Labute approximate surface area is 76.7 Å². The summed E-state index contributed by atoms with van der Waals surface area (Å²) in [6.07, 6.45) is 4.07. The molecule has 1 saturated heterocycles. The van der Waals surface area contributed by atoms with Crippen LogP contribution in [0.5, 0.6) is 0 Å². The van der Waals surface area contributed by atoms with Crippen LogP contribution >= 0.6 is 0 Å². The molecule has 1 aliphatic rings. The van der Waals surface area contributed by atoms with Crippen LogP contribution in [0.1, 0.15) is 18.7 Å². The first-order chi connectivity index (χ1) is 6.29. The van der Waals surface area contributed by atoms with E-state index in [2.05, 4.69) is 15.2 Å². The Bertz CT molecular complexity index is 253. The summed E-state index contributed by atoms with van der Waals surface area (Å²) in [7, 11) is 0. The lowest BCUT2D eigenvalue weighted by Crippen LogP contribution is -2.47. The van der Waals surface area contributed by atoms with E-state index in [4.69, 9.17) is 10.5 Å². The Morgan fingerprint density at radius 1 is 1.54 bits per heavy atom. The molecular formula is C8H14N4O. The number of aromatic amines is 1. The molecule has 3 N–H and O–H groups in total. The second-order valence-corrected chi connectivity index (χ2v) is 3.58. The fraction of sp³-hybridized carbons (Fsp3) is 0.750. The molecular weight excluding hydrogens is 168 g/mol. The number of nitrogens with one attached hydrogen (secondary N) is 1. The Morgan fingerprint density at radius 3 is 2.92 bits per heavy atom. The molecule has 1 aromatic rings. The highest BCUT2D eigenvalue weighted by molar-refractivity contribution is 4.96. The van der Waals surface area contributed by atoms with Crippen molar-refractivity contribution in [1.29, 1.82) is 0 Å². The van der Waals surface area contributed by atoms with Gasteiger partial charge < -0.3 is 10.5 Å². The maximum absolute atomic E-state index is 6.18. The van der Waals surface area contributed by atoms with Gasteiger partial charge in [-0.3, -0.25) is 5.10 Å². The first kappa shape index (κ1) is 8.65. The van der Waals surface area contributed by atoms with Crippen LogP contribution in [-0.2, 0) is 11.2 Å². The molecule has 5 heteroatoms. The topological polar surface area (TPSA) is 76.8 Å². The van der Waals surface area contributed by atoms with E-state index in [0.717, 1.165) is 38.3 Å². The van der Waals surface area contributed by atoms with E-state index in [0.29, 0.717) is 0 Å². The van der Waals surface area contributed by atoms with Crippen LogP contribution in [0, 0.1) is 0 Å². The predicted molar refractivity (Wildman–Crippen MR) is 47.1 cm³/mol. The molecule has 0 atom stereocenters. The Hall–Kier alpha value is -0.940. The number of hydrogen-bond acceptors (Lipinski definition) is 4. The zero-order valence-electron chi connectivity index (χ0n) is 7.49. The highest BCUT2D eigenvalue weighted by atomic mass is 16.5. The van der Waals surface area contributed by atoms with Crippen LogP contribution in [0.2, 0.25) is 0 Å². The molecule has 0 aliphatic carbocycles. The lowest BCUT2D eigenvalue weighted by atomic mass is 9.88. The predicted octanol–water partition coefficient (Wildman–Crippen LogP) is -0.145. The number of rotatable bonds is 2. The second kappa shape index (κ2) is 3.43. The minimum atomic E-state index is -0.155. The fourth-order valence-electron chi connectivity index (χ4n) is 1.60. The van der Waals surface area contributed by atoms with Crippen molar-refractivity contribution < 1.29 is 4.74 Å². The van der Waals surface area contributed by atoms with E-state index >= 15 is 0 Å². The van der Waals surface area contributed by atoms with Crippen molar-refractivity contribution in [2.45, 2.75) is 24.8 Å². The maximum atomic E-state index is 6.18. The van der Waals surface area contributed by atoms with Crippen LogP contribution in [0.25, 0.3) is 0 Å². The lowest BCUT2D eigenvalue weighted by Gasteiger charge is -2.32. The van der Waals surface area contributed by atoms with Crippen molar-refractivity contribution in [1.82, 2.24) is 15.2 Å². The van der Waals surface area contributed by atoms with Crippen LogP contribution in [-0.4, -0.2) is 33.9 Å². The molecule has 1 fully saturated rings. The van der Waals surface area contributed by atoms with Gasteiger partial charge in [0.2, 0.25) is 0 Å². The van der Waals surface area contributed by atoms with Crippen molar-refractivity contribution in [2.75, 3.05) is 13.2 Å². The summed E-state index contributed by atoms with van der Waals surface area (Å²) in [4.78, 5) is 4.07. The summed E-state index contributed by atoms with van der Waals surface area (Å²) >= 11 is 0. The zero-order chi connectivity index (χ0) is 9.15. The van der Waals surface area contributed by atoms with E-state index in [1.165, 1.54) is 6.33 Å². The van der Waals surface area contributed by atoms with Gasteiger partial charge in [0.1, 0.15) is 12.2 Å². The molecule has 0 unspecified atom stereocenters. The van der Waals surface area contributed by atoms with Gasteiger partial charge in [-0.15, -0.1) is 0 Å². The minimum Gasteiger partial charge on any atom is -0.381 e. The average Bonchev–Trinajstić information content (AvgIpc) is 2.57. The standard InChI is InChI=1S/C8H14N4O/c9-8(1-3-13-4-2-8)5-7-10-6-11-12-7/h6H,1-5,9H2,(H,10,11,12). The quantitative estimate of drug-likeness (QED) is 0.667. The Kier molecular flexibility index (Phi) is 2.28. The molecule has 1 aromatic heterocycles. The van der Waals surface area contributed by atoms with Crippen molar-refractivity contribution >= 4 is 0 Å². The normalized spacial score (nSPS) is 21.6. The summed E-state index contributed by atoms with van der Waals surface area (Å²) in [6, 6.07) is 0. The third-order valence-corrected chi connectivity index (χ3v) is 2.47. The first-order valence-electron chi connectivity index (χ1n) is 4.49. The third kappa shape index (κ3) is 2.05. The number of hydrogen-bond donors (Lipinski definition) is 2. The largest absolute Gasteiger partial charge is 0.381 e. The lowest BCUT2D eigenvalue weighted by molar-refractivity contribution is 0.0527. The molecule has 0 spiro atoms. The molecule has 0 aromatic carbocycles. The molecule has 0 amide bonds. The molecule has 72 valence electrons. The van der Waals surface area contributed by atoms with Gasteiger partial charge >= 0.3 is 0 Å². The molecule has 5 nitrogen and oxygen atoms in total. The van der Waals surface area contributed by atoms with Gasteiger partial charge in [0.05, 0.1) is 0 Å². The number of H-pyrrole nitrogens is 1. The Morgan fingerprint density at radius 2 is 2.31 bits per heavy atom. The van der Waals surface area contributed by atoms with Gasteiger partial charge in [0.15, 0.2) is 0 Å². The van der Waals surface area contributed by atoms with E-state index in [9.17, 15) is 0 Å². The highest BCUT2D eigenvalue weighted by Gasteiger charge is 2.29. The van der Waals surface area contributed by atoms with Crippen molar-refractivity contribution in [3.05, 3.63) is 12.2 Å². The fourth-order valence-corrected chi connectivity index (χ4v) is 1.60. The third-order valence-electron chi connectivity index (χ3n) is 2.47. The van der Waals surface area contributed by atoms with Crippen LogP contribution in [0.3, 0.4) is 0 Å². The van der Waals surface area contributed by atoms with Gasteiger partial charge in [0, 0.05) is 25.2 Å². The van der Waals surface area contributed by atoms with E-state index in [1.54, 1.807) is 0 Å². The summed E-state index contributed by atoms with van der Waals surface area (Å²) in [5.74, 6) is 0.865. The van der Waals surface area contributed by atoms with Crippen LogP contribution in [0.15, 0.2) is 6.33 Å². The number of nitrogens with two attached hydrogens (primary N) is 1. The SMILES string of the molecule is NC1(Cc2ncn[nH]2)CCOCC1. The van der Waals surface area contributed by atoms with Gasteiger partial charge in [-0.1, -0.05) is 0 Å². The van der Waals surface area contributed by atoms with Gasteiger partial charge in [-0.2, -0.15) is 5.10 Å². The van der Waals surface area contributed by atoms with E-state index < -0.39 is 0 Å². The molecule has 1 aliphatic heterocycles. The number of ether oxygens (including phenoxy) is 1. The maximum Gasteiger partial charge on any atom is 0.137 e. The second-order valence-electron chi connectivity index (χ2n) is 3.58. The van der Waals surface area contributed by atoms with Gasteiger partial charge in [-0.05, 0) is 12.8 Å². The smallest absolute Gasteiger partial charge is 0.137 e. The van der Waals surface area contributed by atoms with E-state index in [-0.39, 0.29) is 5.54 Å².